The normalized spacial score (nSPS) is 19.7. The van der Waals surface area contributed by atoms with E-state index in [1.165, 1.54) is 0 Å². The predicted octanol–water partition coefficient (Wildman–Crippen LogP) is 1.78. The van der Waals surface area contributed by atoms with E-state index in [-0.39, 0.29) is 11.9 Å². The monoisotopic (exact) mass is 234 g/mol. The third kappa shape index (κ3) is 3.20. The fourth-order valence-electron chi connectivity index (χ4n) is 1.98. The van der Waals surface area contributed by atoms with Gasteiger partial charge >= 0.3 is 0 Å². The van der Waals surface area contributed by atoms with Crippen LogP contribution in [-0.2, 0) is 4.79 Å². The highest BCUT2D eigenvalue weighted by molar-refractivity contribution is 5.94. The molecule has 4 heteroatoms. The molecule has 2 N–H and O–H groups in total. The summed E-state index contributed by atoms with van der Waals surface area (Å²) in [5.74, 6) is 0.841. The summed E-state index contributed by atoms with van der Waals surface area (Å²) >= 11 is 0. The van der Waals surface area contributed by atoms with Gasteiger partial charge in [-0.15, -0.1) is 0 Å². The van der Waals surface area contributed by atoms with Gasteiger partial charge in [-0.05, 0) is 43.7 Å². The molecule has 0 spiro atoms. The number of nitrogens with one attached hydrogen (secondary N) is 2. The highest BCUT2D eigenvalue weighted by atomic mass is 16.5. The molecule has 2 rings (SSSR count). The Hall–Kier alpha value is -1.55. The maximum absolute atomic E-state index is 11.9. The van der Waals surface area contributed by atoms with E-state index in [0.717, 1.165) is 37.2 Å². The smallest absolute Gasteiger partial charge is 0.241 e. The molecule has 0 radical (unpaired) electrons. The molecule has 1 unspecified atom stereocenters. The second-order valence-electron chi connectivity index (χ2n) is 4.22. The predicted molar refractivity (Wildman–Crippen MR) is 67.3 cm³/mol. The number of carbonyl (C=O) groups excluding carboxylic acids is 1. The topological polar surface area (TPSA) is 50.4 Å². The van der Waals surface area contributed by atoms with Crippen molar-refractivity contribution >= 4 is 11.6 Å². The van der Waals surface area contributed by atoms with Crippen molar-refractivity contribution in [3.05, 3.63) is 24.3 Å². The van der Waals surface area contributed by atoms with Crippen molar-refractivity contribution in [3.63, 3.8) is 0 Å². The highest BCUT2D eigenvalue weighted by Gasteiger charge is 2.20. The number of carbonyl (C=O) groups is 1. The minimum atomic E-state index is -0.0501. The highest BCUT2D eigenvalue weighted by Crippen LogP contribution is 2.16. The van der Waals surface area contributed by atoms with Crippen LogP contribution in [0.4, 0.5) is 5.69 Å². The Kier molecular flexibility index (Phi) is 3.98. The van der Waals surface area contributed by atoms with E-state index in [2.05, 4.69) is 10.6 Å². The number of methoxy groups -OCH3 is 1. The SMILES string of the molecule is COc1ccc(NC(=O)C2CCCCN2)cc1. The van der Waals surface area contributed by atoms with Gasteiger partial charge in [0, 0.05) is 5.69 Å². The maximum atomic E-state index is 11.9. The number of hydrogen-bond donors (Lipinski definition) is 2. The molecule has 1 aliphatic heterocycles. The first-order valence-corrected chi connectivity index (χ1v) is 5.98. The summed E-state index contributed by atoms with van der Waals surface area (Å²) in [6.07, 6.45) is 3.20. The third-order valence-electron chi connectivity index (χ3n) is 2.98. The molecule has 0 aromatic heterocycles. The first-order valence-electron chi connectivity index (χ1n) is 5.98. The van der Waals surface area contributed by atoms with E-state index in [1.54, 1.807) is 7.11 Å². The molecular weight excluding hydrogens is 216 g/mol. The Balaban J connectivity index is 1.92. The van der Waals surface area contributed by atoms with Gasteiger partial charge < -0.3 is 15.4 Å². The Morgan fingerprint density at radius 3 is 2.71 bits per heavy atom. The molecule has 92 valence electrons. The molecule has 1 aliphatic rings. The minimum absolute atomic E-state index is 0.0501. The zero-order chi connectivity index (χ0) is 12.1. The summed E-state index contributed by atoms with van der Waals surface area (Å²) in [6, 6.07) is 7.32. The Bertz CT molecular complexity index is 370. The van der Waals surface area contributed by atoms with E-state index in [1.807, 2.05) is 24.3 Å². The van der Waals surface area contributed by atoms with E-state index < -0.39 is 0 Å². The molecule has 17 heavy (non-hydrogen) atoms. The van der Waals surface area contributed by atoms with Crippen LogP contribution in [-0.4, -0.2) is 25.6 Å². The van der Waals surface area contributed by atoms with E-state index in [9.17, 15) is 4.79 Å². The third-order valence-corrected chi connectivity index (χ3v) is 2.98. The van der Waals surface area contributed by atoms with Gasteiger partial charge in [0.25, 0.3) is 0 Å². The number of benzene rings is 1. The summed E-state index contributed by atoms with van der Waals surface area (Å²) in [4.78, 5) is 11.9. The second kappa shape index (κ2) is 5.68. The van der Waals surface area contributed by atoms with Crippen molar-refractivity contribution in [2.75, 3.05) is 19.0 Å². The molecule has 1 amide bonds. The van der Waals surface area contributed by atoms with Gasteiger partial charge in [0.2, 0.25) is 5.91 Å². The molecule has 1 fully saturated rings. The van der Waals surface area contributed by atoms with Gasteiger partial charge in [0.15, 0.2) is 0 Å². The molecule has 1 heterocycles. The van der Waals surface area contributed by atoms with Crippen LogP contribution in [0.15, 0.2) is 24.3 Å². The van der Waals surface area contributed by atoms with Crippen LogP contribution < -0.4 is 15.4 Å². The van der Waals surface area contributed by atoms with Gasteiger partial charge in [-0.2, -0.15) is 0 Å². The molecule has 0 saturated carbocycles. The number of piperidine rings is 1. The van der Waals surface area contributed by atoms with E-state index in [4.69, 9.17) is 4.74 Å². The first-order chi connectivity index (χ1) is 8.29. The molecule has 0 aliphatic carbocycles. The Morgan fingerprint density at radius 1 is 1.35 bits per heavy atom. The fraction of sp³-hybridized carbons (Fsp3) is 0.462. The Morgan fingerprint density at radius 2 is 2.12 bits per heavy atom. The van der Waals surface area contributed by atoms with Gasteiger partial charge in [0.05, 0.1) is 13.2 Å². The summed E-state index contributed by atoms with van der Waals surface area (Å²) in [5, 5.41) is 6.13. The van der Waals surface area contributed by atoms with Gasteiger partial charge in [-0.3, -0.25) is 4.79 Å². The molecule has 4 nitrogen and oxygen atoms in total. The molecule has 1 aromatic carbocycles. The number of hydrogen-bond acceptors (Lipinski definition) is 3. The lowest BCUT2D eigenvalue weighted by Crippen LogP contribution is -2.43. The standard InChI is InChI=1S/C13H18N2O2/c1-17-11-7-5-10(6-8-11)15-13(16)12-4-2-3-9-14-12/h5-8,12,14H,2-4,9H2,1H3,(H,15,16). The van der Waals surface area contributed by atoms with Crippen LogP contribution in [0, 0.1) is 0 Å². The summed E-state index contributed by atoms with van der Waals surface area (Å²) in [5.41, 5.74) is 0.808. The van der Waals surface area contributed by atoms with Crippen molar-refractivity contribution in [2.24, 2.45) is 0 Å². The van der Waals surface area contributed by atoms with Crippen molar-refractivity contribution in [2.45, 2.75) is 25.3 Å². The van der Waals surface area contributed by atoms with Crippen LogP contribution >= 0.6 is 0 Å². The van der Waals surface area contributed by atoms with Gasteiger partial charge in [0.1, 0.15) is 5.75 Å². The van der Waals surface area contributed by atoms with Crippen molar-refractivity contribution < 1.29 is 9.53 Å². The quantitative estimate of drug-likeness (QED) is 0.838. The number of rotatable bonds is 3. The maximum Gasteiger partial charge on any atom is 0.241 e. The zero-order valence-corrected chi connectivity index (χ0v) is 10.0. The van der Waals surface area contributed by atoms with Crippen LogP contribution in [0.2, 0.25) is 0 Å². The minimum Gasteiger partial charge on any atom is -0.497 e. The molecule has 1 aromatic rings. The lowest BCUT2D eigenvalue weighted by molar-refractivity contribution is -0.118. The lowest BCUT2D eigenvalue weighted by atomic mass is 10.0. The summed E-state index contributed by atoms with van der Waals surface area (Å²) in [7, 11) is 1.62. The molecule has 0 bridgehead atoms. The average Bonchev–Trinajstić information content (AvgIpc) is 2.40. The molecular formula is C13H18N2O2. The van der Waals surface area contributed by atoms with E-state index >= 15 is 0 Å². The zero-order valence-electron chi connectivity index (χ0n) is 10.0. The van der Waals surface area contributed by atoms with Crippen LogP contribution in [0.3, 0.4) is 0 Å². The number of ether oxygens (including phenoxy) is 1. The van der Waals surface area contributed by atoms with Crippen LogP contribution in [0.25, 0.3) is 0 Å². The molecule has 1 atom stereocenters. The summed E-state index contributed by atoms with van der Waals surface area (Å²) < 4.78 is 5.07. The van der Waals surface area contributed by atoms with Crippen LogP contribution in [0.5, 0.6) is 5.75 Å². The lowest BCUT2D eigenvalue weighted by Gasteiger charge is -2.22. The van der Waals surface area contributed by atoms with E-state index in [0.29, 0.717) is 0 Å². The first kappa shape index (κ1) is 11.9. The number of anilines is 1. The van der Waals surface area contributed by atoms with Crippen molar-refractivity contribution in [3.8, 4) is 5.75 Å². The van der Waals surface area contributed by atoms with Crippen molar-refractivity contribution in [1.29, 1.82) is 0 Å². The average molecular weight is 234 g/mol. The molecule has 1 saturated heterocycles. The largest absolute Gasteiger partial charge is 0.497 e. The second-order valence-corrected chi connectivity index (χ2v) is 4.22. The van der Waals surface area contributed by atoms with Gasteiger partial charge in [-0.25, -0.2) is 0 Å². The summed E-state index contributed by atoms with van der Waals surface area (Å²) in [6.45, 7) is 0.931. The van der Waals surface area contributed by atoms with Crippen molar-refractivity contribution in [1.82, 2.24) is 5.32 Å². The Labute approximate surface area is 101 Å². The fourth-order valence-corrected chi connectivity index (χ4v) is 1.98. The van der Waals surface area contributed by atoms with Gasteiger partial charge in [-0.1, -0.05) is 6.42 Å². The number of amides is 1. The van der Waals surface area contributed by atoms with Crippen LogP contribution in [0.1, 0.15) is 19.3 Å².